The van der Waals surface area contributed by atoms with Crippen LogP contribution in [-0.4, -0.2) is 25.6 Å². The summed E-state index contributed by atoms with van der Waals surface area (Å²) in [6.07, 6.45) is 3.03. The minimum Gasteiger partial charge on any atom is -0.496 e. The number of esters is 1. The van der Waals surface area contributed by atoms with Gasteiger partial charge in [0.1, 0.15) is 5.75 Å². The monoisotopic (exact) mass is 375 g/mol. The molecule has 0 fully saturated rings. The maximum Gasteiger partial charge on any atom is 0.330 e. The van der Waals surface area contributed by atoms with E-state index in [-0.39, 0.29) is 11.9 Å². The van der Waals surface area contributed by atoms with Crippen LogP contribution >= 0.6 is 0 Å². The van der Waals surface area contributed by atoms with Crippen molar-refractivity contribution in [2.24, 2.45) is 0 Å². The van der Waals surface area contributed by atoms with Gasteiger partial charge in [-0.1, -0.05) is 36.4 Å². The van der Waals surface area contributed by atoms with E-state index in [1.54, 1.807) is 32.2 Å². The molecule has 0 aliphatic carbocycles. The highest BCUT2D eigenvalue weighted by atomic mass is 16.5. The lowest BCUT2D eigenvalue weighted by Gasteiger charge is -2.11. The summed E-state index contributed by atoms with van der Waals surface area (Å²) in [6.45, 7) is 2.10. The van der Waals surface area contributed by atoms with E-state index in [0.717, 1.165) is 16.3 Å². The van der Waals surface area contributed by atoms with Crippen molar-refractivity contribution in [2.75, 3.05) is 19.0 Å². The first-order valence-electron chi connectivity index (χ1n) is 8.93. The van der Waals surface area contributed by atoms with Crippen LogP contribution in [0, 0.1) is 0 Å². The molecule has 0 heterocycles. The van der Waals surface area contributed by atoms with Gasteiger partial charge >= 0.3 is 5.97 Å². The number of hydrogen-bond acceptors (Lipinski definition) is 4. The number of carbonyl (C=O) groups excluding carboxylic acids is 2. The first-order chi connectivity index (χ1) is 13.6. The van der Waals surface area contributed by atoms with E-state index in [9.17, 15) is 9.59 Å². The van der Waals surface area contributed by atoms with Gasteiger partial charge in [0.2, 0.25) is 0 Å². The Bertz CT molecular complexity index is 1020. The lowest BCUT2D eigenvalue weighted by Crippen LogP contribution is -2.13. The SMILES string of the molecule is CCOC(=O)/C=C/c1ccc(NC(=O)c2cc3ccccc3cc2OC)cc1. The van der Waals surface area contributed by atoms with E-state index in [1.165, 1.54) is 6.08 Å². The van der Waals surface area contributed by atoms with Crippen molar-refractivity contribution in [3.63, 3.8) is 0 Å². The fourth-order valence-electron chi connectivity index (χ4n) is 2.80. The Morgan fingerprint density at radius 2 is 1.68 bits per heavy atom. The molecule has 0 radical (unpaired) electrons. The van der Waals surface area contributed by atoms with Gasteiger partial charge in [-0.05, 0) is 53.6 Å². The first kappa shape index (κ1) is 19.2. The molecule has 3 aromatic rings. The van der Waals surface area contributed by atoms with E-state index in [1.807, 2.05) is 48.5 Å². The highest BCUT2D eigenvalue weighted by molar-refractivity contribution is 6.08. The van der Waals surface area contributed by atoms with Crippen LogP contribution in [0.3, 0.4) is 0 Å². The molecule has 0 spiro atoms. The summed E-state index contributed by atoms with van der Waals surface area (Å²) in [5.74, 6) is -0.120. The second-order valence-corrected chi connectivity index (χ2v) is 6.06. The summed E-state index contributed by atoms with van der Waals surface area (Å²) in [5, 5.41) is 4.85. The third-order valence-electron chi connectivity index (χ3n) is 4.18. The fraction of sp³-hybridized carbons (Fsp3) is 0.130. The summed E-state index contributed by atoms with van der Waals surface area (Å²) < 4.78 is 10.2. The van der Waals surface area contributed by atoms with Crippen molar-refractivity contribution >= 4 is 34.4 Å². The lowest BCUT2D eigenvalue weighted by atomic mass is 10.1. The van der Waals surface area contributed by atoms with E-state index in [4.69, 9.17) is 9.47 Å². The predicted octanol–water partition coefficient (Wildman–Crippen LogP) is 4.68. The largest absolute Gasteiger partial charge is 0.496 e. The van der Waals surface area contributed by atoms with Gasteiger partial charge in [-0.2, -0.15) is 0 Å². The fourth-order valence-corrected chi connectivity index (χ4v) is 2.80. The number of rotatable bonds is 6. The quantitative estimate of drug-likeness (QED) is 0.502. The lowest BCUT2D eigenvalue weighted by molar-refractivity contribution is -0.137. The van der Waals surface area contributed by atoms with Gasteiger partial charge in [0, 0.05) is 11.8 Å². The second-order valence-electron chi connectivity index (χ2n) is 6.06. The van der Waals surface area contributed by atoms with E-state index >= 15 is 0 Å². The van der Waals surface area contributed by atoms with Gasteiger partial charge in [0.15, 0.2) is 0 Å². The summed E-state index contributed by atoms with van der Waals surface area (Å²) in [4.78, 5) is 24.1. The van der Waals surface area contributed by atoms with E-state index in [0.29, 0.717) is 23.6 Å². The smallest absolute Gasteiger partial charge is 0.330 e. The summed E-state index contributed by atoms with van der Waals surface area (Å²) in [6, 6.07) is 18.6. The maximum absolute atomic E-state index is 12.7. The van der Waals surface area contributed by atoms with Crippen molar-refractivity contribution in [3.05, 3.63) is 77.9 Å². The number of benzene rings is 3. The Morgan fingerprint density at radius 1 is 1.00 bits per heavy atom. The van der Waals surface area contributed by atoms with Gasteiger partial charge < -0.3 is 14.8 Å². The standard InChI is InChI=1S/C23H21NO4/c1-3-28-22(25)13-10-16-8-11-19(12-9-16)24-23(26)20-14-17-6-4-5-7-18(17)15-21(20)27-2/h4-15H,3H2,1-2H3,(H,24,26)/b13-10+. The van der Waals surface area contributed by atoms with Crippen LogP contribution in [0.4, 0.5) is 5.69 Å². The van der Waals surface area contributed by atoms with Gasteiger partial charge in [-0.3, -0.25) is 4.79 Å². The van der Waals surface area contributed by atoms with Crippen molar-refractivity contribution in [2.45, 2.75) is 6.92 Å². The normalized spacial score (nSPS) is 10.8. The molecule has 0 unspecified atom stereocenters. The number of anilines is 1. The van der Waals surface area contributed by atoms with Crippen LogP contribution in [0.2, 0.25) is 0 Å². The minimum absolute atomic E-state index is 0.252. The Kier molecular flexibility index (Phi) is 6.07. The van der Waals surface area contributed by atoms with Gasteiger partial charge in [0.05, 0.1) is 19.3 Å². The molecule has 0 bridgehead atoms. The Morgan fingerprint density at radius 3 is 2.32 bits per heavy atom. The Hall–Kier alpha value is -3.60. The molecule has 0 atom stereocenters. The number of nitrogens with one attached hydrogen (secondary N) is 1. The summed E-state index contributed by atoms with van der Waals surface area (Å²) in [7, 11) is 1.55. The highest BCUT2D eigenvalue weighted by Crippen LogP contribution is 2.26. The molecule has 5 nitrogen and oxygen atoms in total. The topological polar surface area (TPSA) is 64.6 Å². The molecule has 0 aliphatic heterocycles. The molecular formula is C23H21NO4. The highest BCUT2D eigenvalue weighted by Gasteiger charge is 2.14. The number of ether oxygens (including phenoxy) is 2. The van der Waals surface area contributed by atoms with Gasteiger partial charge in [0.25, 0.3) is 5.91 Å². The summed E-state index contributed by atoms with van der Waals surface area (Å²) >= 11 is 0. The molecule has 5 heteroatoms. The third-order valence-corrected chi connectivity index (χ3v) is 4.18. The Labute approximate surface area is 163 Å². The molecule has 142 valence electrons. The minimum atomic E-state index is -0.386. The number of fused-ring (bicyclic) bond motifs is 1. The molecule has 0 aliphatic rings. The summed E-state index contributed by atoms with van der Waals surface area (Å²) in [5.41, 5.74) is 1.94. The van der Waals surface area contributed by atoms with Crippen LogP contribution in [0.1, 0.15) is 22.8 Å². The molecule has 1 amide bonds. The van der Waals surface area contributed by atoms with Crippen molar-refractivity contribution in [1.82, 2.24) is 0 Å². The van der Waals surface area contributed by atoms with Gasteiger partial charge in [-0.15, -0.1) is 0 Å². The molecule has 0 aromatic heterocycles. The van der Waals surface area contributed by atoms with Crippen molar-refractivity contribution in [3.8, 4) is 5.75 Å². The molecule has 28 heavy (non-hydrogen) atoms. The average molecular weight is 375 g/mol. The zero-order valence-electron chi connectivity index (χ0n) is 15.8. The molecular weight excluding hydrogens is 354 g/mol. The number of amides is 1. The zero-order chi connectivity index (χ0) is 19.9. The van der Waals surface area contributed by atoms with Crippen LogP contribution in [-0.2, 0) is 9.53 Å². The molecule has 3 rings (SSSR count). The van der Waals surface area contributed by atoms with Crippen LogP contribution < -0.4 is 10.1 Å². The number of carbonyl (C=O) groups is 2. The van der Waals surface area contributed by atoms with E-state index in [2.05, 4.69) is 5.32 Å². The maximum atomic E-state index is 12.7. The molecule has 3 aromatic carbocycles. The van der Waals surface area contributed by atoms with Crippen molar-refractivity contribution in [1.29, 1.82) is 0 Å². The second kappa shape index (κ2) is 8.86. The van der Waals surface area contributed by atoms with E-state index < -0.39 is 0 Å². The molecule has 0 saturated carbocycles. The van der Waals surface area contributed by atoms with Crippen LogP contribution in [0.15, 0.2) is 66.7 Å². The molecule has 1 N–H and O–H groups in total. The van der Waals surface area contributed by atoms with Crippen LogP contribution in [0.5, 0.6) is 5.75 Å². The number of hydrogen-bond donors (Lipinski definition) is 1. The zero-order valence-corrected chi connectivity index (χ0v) is 15.8. The molecule has 0 saturated heterocycles. The van der Waals surface area contributed by atoms with Crippen LogP contribution in [0.25, 0.3) is 16.8 Å². The van der Waals surface area contributed by atoms with Crippen molar-refractivity contribution < 1.29 is 19.1 Å². The number of methoxy groups -OCH3 is 1. The Balaban J connectivity index is 1.76. The average Bonchev–Trinajstić information content (AvgIpc) is 2.72. The van der Waals surface area contributed by atoms with Gasteiger partial charge in [-0.25, -0.2) is 4.79 Å². The third kappa shape index (κ3) is 4.57. The first-order valence-corrected chi connectivity index (χ1v) is 8.93. The predicted molar refractivity (Wildman–Crippen MR) is 111 cm³/mol.